The summed E-state index contributed by atoms with van der Waals surface area (Å²) in [5.74, 6) is 1.41. The van der Waals surface area contributed by atoms with Gasteiger partial charge in [0.2, 0.25) is 0 Å². The molecule has 168 valence electrons. The minimum Gasteiger partial charge on any atom is -0.496 e. The van der Waals surface area contributed by atoms with Crippen molar-refractivity contribution in [2.75, 3.05) is 58.3 Å². The lowest BCUT2D eigenvalue weighted by Crippen LogP contribution is -2.46. The number of anilines is 1. The maximum atomic E-state index is 14.7. The van der Waals surface area contributed by atoms with Crippen molar-refractivity contribution in [2.45, 2.75) is 19.9 Å². The first-order chi connectivity index (χ1) is 15.1. The number of piperazine rings is 1. The van der Waals surface area contributed by atoms with Gasteiger partial charge in [0.05, 0.1) is 12.8 Å². The van der Waals surface area contributed by atoms with Crippen molar-refractivity contribution in [1.29, 1.82) is 0 Å². The predicted octanol–water partition coefficient (Wildman–Crippen LogP) is 2.88. The molecule has 1 aliphatic heterocycles. The van der Waals surface area contributed by atoms with Crippen LogP contribution >= 0.6 is 0 Å². The van der Waals surface area contributed by atoms with Gasteiger partial charge in [0.15, 0.2) is 5.96 Å². The molecule has 31 heavy (non-hydrogen) atoms. The van der Waals surface area contributed by atoms with E-state index in [4.69, 9.17) is 4.74 Å². The van der Waals surface area contributed by atoms with E-state index in [9.17, 15) is 4.39 Å². The number of benzene rings is 2. The van der Waals surface area contributed by atoms with Crippen LogP contribution in [0.1, 0.15) is 18.1 Å². The minimum atomic E-state index is -0.164. The third-order valence-electron chi connectivity index (χ3n) is 5.74. The van der Waals surface area contributed by atoms with Crippen LogP contribution in [0.4, 0.5) is 10.1 Å². The summed E-state index contributed by atoms with van der Waals surface area (Å²) in [7, 11) is 3.42. The van der Waals surface area contributed by atoms with Crippen LogP contribution in [0.5, 0.6) is 5.75 Å². The molecule has 1 saturated heterocycles. The molecule has 0 unspecified atom stereocenters. The molecule has 1 fully saturated rings. The highest BCUT2D eigenvalue weighted by molar-refractivity contribution is 5.79. The summed E-state index contributed by atoms with van der Waals surface area (Å²) in [5.41, 5.74) is 2.73. The van der Waals surface area contributed by atoms with E-state index in [0.29, 0.717) is 18.2 Å². The highest BCUT2D eigenvalue weighted by Gasteiger charge is 2.18. The average Bonchev–Trinajstić information content (AvgIpc) is 2.81. The summed E-state index contributed by atoms with van der Waals surface area (Å²) in [5, 5.41) is 6.56. The van der Waals surface area contributed by atoms with Gasteiger partial charge in [-0.3, -0.25) is 4.99 Å². The number of guanidine groups is 1. The van der Waals surface area contributed by atoms with Gasteiger partial charge in [0.25, 0.3) is 0 Å². The van der Waals surface area contributed by atoms with Crippen LogP contribution in [0.3, 0.4) is 0 Å². The van der Waals surface area contributed by atoms with E-state index in [1.165, 1.54) is 0 Å². The van der Waals surface area contributed by atoms with Crippen molar-refractivity contribution in [3.63, 3.8) is 0 Å². The summed E-state index contributed by atoms with van der Waals surface area (Å²) >= 11 is 0. The van der Waals surface area contributed by atoms with Crippen LogP contribution in [-0.2, 0) is 13.0 Å². The van der Waals surface area contributed by atoms with Gasteiger partial charge >= 0.3 is 0 Å². The summed E-state index contributed by atoms with van der Waals surface area (Å²) < 4.78 is 20.1. The lowest BCUT2D eigenvalue weighted by Gasteiger charge is -2.35. The molecule has 0 radical (unpaired) electrons. The number of rotatable bonds is 8. The van der Waals surface area contributed by atoms with E-state index in [-0.39, 0.29) is 5.82 Å². The maximum absolute atomic E-state index is 14.7. The Morgan fingerprint density at radius 3 is 2.55 bits per heavy atom. The second-order valence-corrected chi connectivity index (χ2v) is 7.62. The van der Waals surface area contributed by atoms with Gasteiger partial charge in [0.1, 0.15) is 11.6 Å². The Morgan fingerprint density at radius 2 is 1.87 bits per heavy atom. The van der Waals surface area contributed by atoms with E-state index in [2.05, 4.69) is 38.4 Å². The molecule has 0 aliphatic carbocycles. The van der Waals surface area contributed by atoms with Gasteiger partial charge in [0, 0.05) is 46.3 Å². The first-order valence-electron chi connectivity index (χ1n) is 11.0. The molecular formula is C24H34FN5O. The van der Waals surface area contributed by atoms with Crippen molar-refractivity contribution in [3.8, 4) is 5.75 Å². The van der Waals surface area contributed by atoms with Crippen molar-refractivity contribution < 1.29 is 9.13 Å². The molecule has 2 N–H and O–H groups in total. The molecule has 3 rings (SSSR count). The van der Waals surface area contributed by atoms with Crippen LogP contribution in [0, 0.1) is 5.82 Å². The minimum absolute atomic E-state index is 0.164. The van der Waals surface area contributed by atoms with Crippen molar-refractivity contribution in [2.24, 2.45) is 4.99 Å². The van der Waals surface area contributed by atoms with Gasteiger partial charge in [-0.15, -0.1) is 0 Å². The highest BCUT2D eigenvalue weighted by Crippen LogP contribution is 2.22. The number of ether oxygens (including phenoxy) is 1. The van der Waals surface area contributed by atoms with Gasteiger partial charge in [-0.1, -0.05) is 31.2 Å². The van der Waals surface area contributed by atoms with Gasteiger partial charge in [-0.2, -0.15) is 0 Å². The number of hydrogen-bond donors (Lipinski definition) is 2. The third-order valence-corrected chi connectivity index (χ3v) is 5.74. The molecule has 0 atom stereocenters. The predicted molar refractivity (Wildman–Crippen MR) is 126 cm³/mol. The fourth-order valence-corrected chi connectivity index (χ4v) is 3.85. The van der Waals surface area contributed by atoms with Crippen molar-refractivity contribution in [1.82, 2.24) is 15.5 Å². The first kappa shape index (κ1) is 22.9. The smallest absolute Gasteiger partial charge is 0.191 e. The van der Waals surface area contributed by atoms with E-state index < -0.39 is 0 Å². The van der Waals surface area contributed by atoms with Gasteiger partial charge in [-0.05, 0) is 42.3 Å². The molecule has 0 spiro atoms. The Morgan fingerprint density at radius 1 is 1.10 bits per heavy atom. The molecule has 1 heterocycles. The molecule has 6 nitrogen and oxygen atoms in total. The Kier molecular flexibility index (Phi) is 8.53. The number of aliphatic imine (C=N–C) groups is 1. The molecule has 0 saturated carbocycles. The molecule has 1 aliphatic rings. The number of methoxy groups -OCH3 is 1. The quantitative estimate of drug-likeness (QED) is 0.501. The molecule has 0 bridgehead atoms. The van der Waals surface area contributed by atoms with Crippen molar-refractivity contribution >= 4 is 11.6 Å². The lowest BCUT2D eigenvalue weighted by molar-refractivity contribution is 0.270. The topological polar surface area (TPSA) is 52.1 Å². The number of hydrogen-bond acceptors (Lipinski definition) is 4. The van der Waals surface area contributed by atoms with E-state index in [1.54, 1.807) is 20.2 Å². The normalized spacial score (nSPS) is 15.1. The van der Waals surface area contributed by atoms with Crippen molar-refractivity contribution in [3.05, 3.63) is 59.4 Å². The second-order valence-electron chi connectivity index (χ2n) is 7.62. The van der Waals surface area contributed by atoms with Crippen LogP contribution in [-0.4, -0.2) is 64.3 Å². The average molecular weight is 428 g/mol. The monoisotopic (exact) mass is 427 g/mol. The fourth-order valence-electron chi connectivity index (χ4n) is 3.85. The molecule has 2 aromatic rings. The Hall–Kier alpha value is -2.80. The number of nitrogens with zero attached hydrogens (tertiary/aromatic N) is 3. The lowest BCUT2D eigenvalue weighted by atomic mass is 10.1. The number of halogens is 1. The third kappa shape index (κ3) is 6.34. The fraction of sp³-hybridized carbons (Fsp3) is 0.458. The Labute approximate surface area is 185 Å². The first-order valence-corrected chi connectivity index (χ1v) is 11.0. The number of nitrogens with one attached hydrogen (secondary N) is 2. The Balaban J connectivity index is 1.48. The van der Waals surface area contributed by atoms with E-state index in [1.807, 2.05) is 30.3 Å². The van der Waals surface area contributed by atoms with Crippen LogP contribution in [0.2, 0.25) is 0 Å². The van der Waals surface area contributed by atoms with Crippen LogP contribution < -0.4 is 20.3 Å². The summed E-state index contributed by atoms with van der Waals surface area (Å²) in [6, 6.07) is 13.5. The zero-order valence-corrected chi connectivity index (χ0v) is 18.8. The van der Waals surface area contributed by atoms with Gasteiger partial charge < -0.3 is 25.2 Å². The zero-order chi connectivity index (χ0) is 22.1. The van der Waals surface area contributed by atoms with E-state index >= 15 is 0 Å². The number of para-hydroxylation sites is 1. The Bertz CT molecular complexity index is 865. The molecule has 2 aromatic carbocycles. The van der Waals surface area contributed by atoms with Crippen LogP contribution in [0.25, 0.3) is 0 Å². The second kappa shape index (κ2) is 11.6. The molecular weight excluding hydrogens is 393 g/mol. The summed E-state index contributed by atoms with van der Waals surface area (Å²) in [6.07, 6.45) is 0.819. The molecule has 0 amide bonds. The molecule has 7 heteroatoms. The van der Waals surface area contributed by atoms with Crippen LogP contribution in [0.15, 0.2) is 47.5 Å². The SMILES string of the molecule is CCN1CCN(c2ccc(CNC(=NC)NCCc3ccccc3OC)cc2F)CC1. The number of likely N-dealkylation sites (N-methyl/N-ethyl adjacent to an activating group) is 1. The van der Waals surface area contributed by atoms with E-state index in [0.717, 1.165) is 62.6 Å². The molecule has 0 aromatic heterocycles. The van der Waals surface area contributed by atoms with Gasteiger partial charge in [-0.25, -0.2) is 4.39 Å². The summed E-state index contributed by atoms with van der Waals surface area (Å²) in [4.78, 5) is 8.79. The highest BCUT2D eigenvalue weighted by atomic mass is 19.1. The standard InChI is InChI=1S/C24H34FN5O/c1-4-29-13-15-30(16-14-29)22-10-9-19(17-21(22)25)18-28-24(26-2)27-12-11-20-7-5-6-8-23(20)31-3/h5-10,17H,4,11-16,18H2,1-3H3,(H2,26,27,28). The largest absolute Gasteiger partial charge is 0.496 e. The maximum Gasteiger partial charge on any atom is 0.191 e. The summed E-state index contributed by atoms with van der Waals surface area (Å²) in [6.45, 7) is 8.14. The zero-order valence-electron chi connectivity index (χ0n) is 18.8.